The highest BCUT2D eigenvalue weighted by Gasteiger charge is 2.35. The predicted molar refractivity (Wildman–Crippen MR) is 80.8 cm³/mol. The Morgan fingerprint density at radius 3 is 1.24 bits per heavy atom. The summed E-state index contributed by atoms with van der Waals surface area (Å²) in [4.78, 5) is 0. The van der Waals surface area contributed by atoms with Gasteiger partial charge >= 0.3 is 12.7 Å². The standard InChI is InChI=1S/C14H10F6N2O2.CH4/c15-13(16,17)23-11-5-7(21)1-3-9(11)10-4-2-8(22)6-12(10)24-14(18,19)20;/h1-6H,21-22H2;1H4. The maximum Gasteiger partial charge on any atom is 0.573 e. The number of ether oxygens (including phenoxy) is 2. The van der Waals surface area contributed by atoms with Crippen LogP contribution in [0.25, 0.3) is 11.1 Å². The molecule has 0 aliphatic carbocycles. The van der Waals surface area contributed by atoms with E-state index in [1.54, 1.807) is 0 Å². The number of halogens is 6. The van der Waals surface area contributed by atoms with Crippen LogP contribution in [0.5, 0.6) is 11.5 Å². The first-order chi connectivity index (χ1) is 10.9. The second-order valence-electron chi connectivity index (χ2n) is 4.61. The third kappa shape index (κ3) is 5.66. The Morgan fingerprint density at radius 2 is 0.960 bits per heavy atom. The molecule has 0 aliphatic rings. The minimum Gasteiger partial charge on any atom is -0.405 e. The average molecular weight is 368 g/mol. The molecular weight excluding hydrogens is 354 g/mol. The molecule has 0 bridgehead atoms. The number of anilines is 2. The summed E-state index contributed by atoms with van der Waals surface area (Å²) in [6.45, 7) is 0. The molecule has 4 N–H and O–H groups in total. The van der Waals surface area contributed by atoms with Crippen LogP contribution in [0.15, 0.2) is 36.4 Å². The van der Waals surface area contributed by atoms with Crippen LogP contribution in [0.1, 0.15) is 7.43 Å². The van der Waals surface area contributed by atoms with E-state index < -0.39 is 24.2 Å². The number of rotatable bonds is 3. The first-order valence-corrected chi connectivity index (χ1v) is 6.25. The number of hydrogen-bond acceptors (Lipinski definition) is 4. The van der Waals surface area contributed by atoms with Gasteiger partial charge < -0.3 is 20.9 Å². The number of nitrogens with two attached hydrogens (primary N) is 2. The molecule has 0 spiro atoms. The molecule has 0 amide bonds. The van der Waals surface area contributed by atoms with Gasteiger partial charge in [0.15, 0.2) is 0 Å². The number of hydrogen-bond donors (Lipinski definition) is 2. The van der Waals surface area contributed by atoms with Crippen LogP contribution in [0, 0.1) is 0 Å². The lowest BCUT2D eigenvalue weighted by Gasteiger charge is -2.18. The van der Waals surface area contributed by atoms with Crippen molar-refractivity contribution < 1.29 is 35.8 Å². The Balaban J connectivity index is 0.00000312. The average Bonchev–Trinajstić information content (AvgIpc) is 2.36. The lowest BCUT2D eigenvalue weighted by molar-refractivity contribution is -0.276. The minimum absolute atomic E-state index is 0. The van der Waals surface area contributed by atoms with Crippen LogP contribution in [0.4, 0.5) is 37.7 Å². The van der Waals surface area contributed by atoms with E-state index in [0.29, 0.717) is 0 Å². The molecule has 0 aromatic heterocycles. The van der Waals surface area contributed by atoms with Gasteiger partial charge in [-0.3, -0.25) is 0 Å². The molecular formula is C15H14F6N2O2. The van der Waals surface area contributed by atoms with Crippen molar-refractivity contribution in [3.63, 3.8) is 0 Å². The molecule has 0 radical (unpaired) electrons. The smallest absolute Gasteiger partial charge is 0.405 e. The summed E-state index contributed by atoms with van der Waals surface area (Å²) in [7, 11) is 0. The summed E-state index contributed by atoms with van der Waals surface area (Å²) in [5.41, 5.74) is 10.1. The zero-order chi connectivity index (χ0) is 18.1. The molecule has 4 nitrogen and oxygen atoms in total. The number of benzene rings is 2. The third-order valence-corrected chi connectivity index (χ3v) is 2.75. The second-order valence-corrected chi connectivity index (χ2v) is 4.61. The molecule has 0 aliphatic heterocycles. The van der Waals surface area contributed by atoms with Gasteiger partial charge in [0.05, 0.1) is 0 Å². The highest BCUT2D eigenvalue weighted by atomic mass is 19.4. The van der Waals surface area contributed by atoms with Crippen LogP contribution in [-0.4, -0.2) is 12.7 Å². The van der Waals surface area contributed by atoms with Crippen molar-refractivity contribution in [3.8, 4) is 22.6 Å². The van der Waals surface area contributed by atoms with Crippen LogP contribution < -0.4 is 20.9 Å². The van der Waals surface area contributed by atoms with Gasteiger partial charge in [-0.2, -0.15) is 0 Å². The summed E-state index contributed by atoms with van der Waals surface area (Å²) in [6.07, 6.45) is -10.1. The fourth-order valence-electron chi connectivity index (χ4n) is 1.94. The van der Waals surface area contributed by atoms with Crippen LogP contribution in [0.2, 0.25) is 0 Å². The molecule has 0 heterocycles. The second kappa shape index (κ2) is 6.99. The summed E-state index contributed by atoms with van der Waals surface area (Å²) >= 11 is 0. The van der Waals surface area contributed by atoms with E-state index in [1.807, 2.05) is 0 Å². The van der Waals surface area contributed by atoms with Crippen molar-refractivity contribution in [3.05, 3.63) is 36.4 Å². The topological polar surface area (TPSA) is 70.5 Å². The van der Waals surface area contributed by atoms with Gasteiger partial charge in [0.2, 0.25) is 0 Å². The molecule has 0 saturated carbocycles. The Bertz CT molecular complexity index is 680. The van der Waals surface area contributed by atoms with Crippen molar-refractivity contribution in [2.24, 2.45) is 0 Å². The Labute approximate surface area is 138 Å². The molecule has 10 heteroatoms. The molecule has 2 aromatic rings. The molecule has 2 aromatic carbocycles. The molecule has 25 heavy (non-hydrogen) atoms. The van der Waals surface area contributed by atoms with E-state index in [9.17, 15) is 26.3 Å². The summed E-state index contributed by atoms with van der Waals surface area (Å²) in [5.74, 6) is -1.53. The third-order valence-electron chi connectivity index (χ3n) is 2.75. The fraction of sp³-hybridized carbons (Fsp3) is 0.200. The summed E-state index contributed by atoms with van der Waals surface area (Å²) in [5, 5.41) is 0. The molecule has 0 saturated heterocycles. The van der Waals surface area contributed by atoms with Crippen molar-refractivity contribution in [1.29, 1.82) is 0 Å². The lowest BCUT2D eigenvalue weighted by Crippen LogP contribution is -2.19. The van der Waals surface area contributed by atoms with Crippen molar-refractivity contribution in [2.75, 3.05) is 11.5 Å². The molecule has 2 rings (SSSR count). The number of nitrogen functional groups attached to an aromatic ring is 2. The van der Waals surface area contributed by atoms with Gasteiger partial charge in [-0.15, -0.1) is 26.3 Å². The molecule has 0 unspecified atom stereocenters. The highest BCUT2D eigenvalue weighted by molar-refractivity contribution is 5.79. The maximum atomic E-state index is 12.5. The Hall–Kier alpha value is -2.78. The number of alkyl halides is 6. The van der Waals surface area contributed by atoms with Gasteiger partial charge in [-0.05, 0) is 24.3 Å². The quantitative estimate of drug-likeness (QED) is 0.594. The van der Waals surface area contributed by atoms with E-state index in [4.69, 9.17) is 11.5 Å². The van der Waals surface area contributed by atoms with Gasteiger partial charge in [0, 0.05) is 34.6 Å². The molecule has 0 atom stereocenters. The van der Waals surface area contributed by atoms with E-state index in [-0.39, 0.29) is 29.9 Å². The zero-order valence-corrected chi connectivity index (χ0v) is 11.7. The first kappa shape index (κ1) is 20.3. The first-order valence-electron chi connectivity index (χ1n) is 6.25. The van der Waals surface area contributed by atoms with E-state index in [1.165, 1.54) is 12.1 Å². The van der Waals surface area contributed by atoms with E-state index >= 15 is 0 Å². The van der Waals surface area contributed by atoms with Crippen LogP contribution in [0.3, 0.4) is 0 Å². The van der Waals surface area contributed by atoms with Crippen LogP contribution in [-0.2, 0) is 0 Å². The Kier molecular flexibility index (Phi) is 5.67. The Morgan fingerprint density at radius 1 is 0.640 bits per heavy atom. The molecule has 0 fully saturated rings. The van der Waals surface area contributed by atoms with Crippen LogP contribution >= 0.6 is 0 Å². The van der Waals surface area contributed by atoms with Gasteiger partial charge in [-0.1, -0.05) is 7.43 Å². The normalized spacial score (nSPS) is 11.6. The van der Waals surface area contributed by atoms with E-state index in [2.05, 4.69) is 9.47 Å². The van der Waals surface area contributed by atoms with Crippen molar-refractivity contribution in [1.82, 2.24) is 0 Å². The predicted octanol–water partition coefficient (Wildman–Crippen LogP) is 4.95. The van der Waals surface area contributed by atoms with E-state index in [0.717, 1.165) is 24.3 Å². The minimum atomic E-state index is -5.05. The van der Waals surface area contributed by atoms with Gasteiger partial charge in [-0.25, -0.2) is 0 Å². The highest BCUT2D eigenvalue weighted by Crippen LogP contribution is 2.41. The lowest BCUT2D eigenvalue weighted by atomic mass is 10.0. The fourth-order valence-corrected chi connectivity index (χ4v) is 1.94. The van der Waals surface area contributed by atoms with Crippen molar-refractivity contribution >= 4 is 11.4 Å². The maximum absolute atomic E-state index is 12.5. The van der Waals surface area contributed by atoms with Gasteiger partial charge in [0.25, 0.3) is 0 Å². The SMILES string of the molecule is C.Nc1ccc(-c2ccc(N)cc2OC(F)(F)F)c(OC(F)(F)F)c1. The monoisotopic (exact) mass is 368 g/mol. The molecule has 138 valence electrons. The van der Waals surface area contributed by atoms with Crippen molar-refractivity contribution in [2.45, 2.75) is 20.2 Å². The van der Waals surface area contributed by atoms with Gasteiger partial charge in [0.1, 0.15) is 11.5 Å². The summed E-state index contributed by atoms with van der Waals surface area (Å²) < 4.78 is 82.7. The summed E-state index contributed by atoms with van der Waals surface area (Å²) in [6, 6.07) is 6.29. The zero-order valence-electron chi connectivity index (χ0n) is 11.7. The largest absolute Gasteiger partial charge is 0.573 e.